The van der Waals surface area contributed by atoms with Gasteiger partial charge in [-0.3, -0.25) is 4.90 Å². The second kappa shape index (κ2) is 3.70. The van der Waals surface area contributed by atoms with Gasteiger partial charge < -0.3 is 5.32 Å². The van der Waals surface area contributed by atoms with Crippen molar-refractivity contribution in [1.29, 1.82) is 0 Å². The van der Waals surface area contributed by atoms with Gasteiger partial charge >= 0.3 is 6.18 Å². The van der Waals surface area contributed by atoms with E-state index in [0.717, 1.165) is 0 Å². The summed E-state index contributed by atoms with van der Waals surface area (Å²) in [5.74, 6) is 0.631. The molecule has 0 amide bonds. The van der Waals surface area contributed by atoms with Gasteiger partial charge in [-0.1, -0.05) is 0 Å². The van der Waals surface area contributed by atoms with Crippen molar-refractivity contribution in [2.45, 2.75) is 25.1 Å². The van der Waals surface area contributed by atoms with Crippen LogP contribution in [-0.4, -0.2) is 43.3 Å². The minimum absolute atomic E-state index is 0.297. The van der Waals surface area contributed by atoms with E-state index in [9.17, 15) is 13.2 Å². The highest BCUT2D eigenvalue weighted by Crippen LogP contribution is 2.34. The van der Waals surface area contributed by atoms with Crippen LogP contribution >= 0.6 is 0 Å². The summed E-state index contributed by atoms with van der Waals surface area (Å²) in [6.45, 7) is 1.02. The lowest BCUT2D eigenvalue weighted by Crippen LogP contribution is -2.53. The van der Waals surface area contributed by atoms with Crippen molar-refractivity contribution < 1.29 is 13.2 Å². The molecule has 1 saturated carbocycles. The van der Waals surface area contributed by atoms with E-state index in [0.29, 0.717) is 31.6 Å². The second-order valence-electron chi connectivity index (χ2n) is 4.25. The third-order valence-corrected chi connectivity index (χ3v) is 2.88. The van der Waals surface area contributed by atoms with Gasteiger partial charge in [-0.05, 0) is 18.8 Å². The molecule has 2 nitrogen and oxygen atoms in total. The van der Waals surface area contributed by atoms with Gasteiger partial charge in [0.2, 0.25) is 0 Å². The Morgan fingerprint density at radius 2 is 2.00 bits per heavy atom. The van der Waals surface area contributed by atoms with Crippen LogP contribution < -0.4 is 5.32 Å². The van der Waals surface area contributed by atoms with Crippen LogP contribution in [0.3, 0.4) is 0 Å². The number of hydrogen-bond donors (Lipinski definition) is 1. The molecule has 2 rings (SSSR count). The van der Waals surface area contributed by atoms with E-state index < -0.39 is 12.7 Å². The lowest BCUT2D eigenvalue weighted by atomic mass is 10.1. The van der Waals surface area contributed by atoms with Crippen LogP contribution in [0.4, 0.5) is 13.2 Å². The van der Waals surface area contributed by atoms with E-state index in [1.165, 1.54) is 17.7 Å². The molecule has 14 heavy (non-hydrogen) atoms. The first kappa shape index (κ1) is 10.2. The second-order valence-corrected chi connectivity index (χ2v) is 4.25. The fourth-order valence-electron chi connectivity index (χ4n) is 2.05. The van der Waals surface area contributed by atoms with Gasteiger partial charge in [0.25, 0.3) is 0 Å². The molecule has 1 atom stereocenters. The largest absolute Gasteiger partial charge is 0.401 e. The van der Waals surface area contributed by atoms with Gasteiger partial charge in [0, 0.05) is 25.7 Å². The smallest absolute Gasteiger partial charge is 0.311 e. The standard InChI is InChI=1S/C9H15F3N2/c10-9(11,12)6-14-4-3-13-8(5-14)7-1-2-7/h7-8,13H,1-6H2. The Labute approximate surface area is 81.5 Å². The Hall–Kier alpha value is -0.290. The van der Waals surface area contributed by atoms with Crippen molar-refractivity contribution in [1.82, 2.24) is 10.2 Å². The number of alkyl halides is 3. The van der Waals surface area contributed by atoms with Gasteiger partial charge in [0.1, 0.15) is 0 Å². The van der Waals surface area contributed by atoms with Crippen molar-refractivity contribution in [3.63, 3.8) is 0 Å². The van der Waals surface area contributed by atoms with E-state index in [2.05, 4.69) is 5.32 Å². The zero-order valence-electron chi connectivity index (χ0n) is 7.98. The molecule has 1 N–H and O–H groups in total. The van der Waals surface area contributed by atoms with Gasteiger partial charge in [0.05, 0.1) is 6.54 Å². The SMILES string of the molecule is FC(F)(F)CN1CCNC(C2CC2)C1. The van der Waals surface area contributed by atoms with Crippen molar-refractivity contribution in [2.24, 2.45) is 5.92 Å². The highest BCUT2D eigenvalue weighted by Gasteiger charge is 2.37. The molecular formula is C9H15F3N2. The lowest BCUT2D eigenvalue weighted by Gasteiger charge is -2.34. The predicted molar refractivity (Wildman–Crippen MR) is 47.0 cm³/mol. The maximum absolute atomic E-state index is 12.1. The average Bonchev–Trinajstić information content (AvgIpc) is 2.83. The summed E-state index contributed by atoms with van der Waals surface area (Å²) in [5, 5.41) is 3.29. The minimum Gasteiger partial charge on any atom is -0.311 e. The Kier molecular flexibility index (Phi) is 2.70. The highest BCUT2D eigenvalue weighted by atomic mass is 19.4. The zero-order valence-corrected chi connectivity index (χ0v) is 7.98. The molecule has 0 aromatic heterocycles. The quantitative estimate of drug-likeness (QED) is 0.734. The van der Waals surface area contributed by atoms with Crippen LogP contribution in [0.15, 0.2) is 0 Å². The molecule has 5 heteroatoms. The van der Waals surface area contributed by atoms with Gasteiger partial charge in [0.15, 0.2) is 0 Å². The summed E-state index contributed by atoms with van der Waals surface area (Å²) in [6.07, 6.45) is -1.69. The third kappa shape index (κ3) is 2.85. The number of nitrogens with one attached hydrogen (secondary N) is 1. The molecule has 1 aliphatic heterocycles. The fourth-order valence-corrected chi connectivity index (χ4v) is 2.05. The number of halogens is 3. The molecule has 1 unspecified atom stereocenters. The Morgan fingerprint density at radius 3 is 2.57 bits per heavy atom. The molecule has 2 aliphatic rings. The van der Waals surface area contributed by atoms with Crippen LogP contribution in [0.25, 0.3) is 0 Å². The molecule has 2 fully saturated rings. The summed E-state index contributed by atoms with van der Waals surface area (Å²) in [4.78, 5) is 1.51. The first-order valence-electron chi connectivity index (χ1n) is 5.07. The van der Waals surface area contributed by atoms with Gasteiger partial charge in [-0.2, -0.15) is 13.2 Å². The topological polar surface area (TPSA) is 15.3 Å². The van der Waals surface area contributed by atoms with E-state index in [-0.39, 0.29) is 0 Å². The lowest BCUT2D eigenvalue weighted by molar-refractivity contribution is -0.148. The highest BCUT2D eigenvalue weighted by molar-refractivity contribution is 4.91. The first-order chi connectivity index (χ1) is 6.54. The third-order valence-electron chi connectivity index (χ3n) is 2.88. The molecule has 0 bridgehead atoms. The van der Waals surface area contributed by atoms with Gasteiger partial charge in [-0.15, -0.1) is 0 Å². The maximum atomic E-state index is 12.1. The van der Waals surface area contributed by atoms with Crippen LogP contribution in [0.2, 0.25) is 0 Å². The van der Waals surface area contributed by atoms with E-state index in [1.807, 2.05) is 0 Å². The molecule has 1 aliphatic carbocycles. The summed E-state index contributed by atoms with van der Waals surface area (Å²) in [7, 11) is 0. The van der Waals surface area contributed by atoms with E-state index in [4.69, 9.17) is 0 Å². The summed E-state index contributed by atoms with van der Waals surface area (Å²) < 4.78 is 36.4. The maximum Gasteiger partial charge on any atom is 0.401 e. The molecule has 0 radical (unpaired) electrons. The number of nitrogens with zero attached hydrogens (tertiary/aromatic N) is 1. The van der Waals surface area contributed by atoms with E-state index >= 15 is 0 Å². The van der Waals surface area contributed by atoms with Crippen LogP contribution in [0.5, 0.6) is 0 Å². The summed E-state index contributed by atoms with van der Waals surface area (Å²) in [6, 6.07) is 0.297. The van der Waals surface area contributed by atoms with Gasteiger partial charge in [-0.25, -0.2) is 0 Å². The molecule has 0 aromatic carbocycles. The monoisotopic (exact) mass is 208 g/mol. The van der Waals surface area contributed by atoms with Crippen LogP contribution in [-0.2, 0) is 0 Å². The Morgan fingerprint density at radius 1 is 1.29 bits per heavy atom. The zero-order chi connectivity index (χ0) is 10.2. The number of hydrogen-bond acceptors (Lipinski definition) is 2. The fraction of sp³-hybridized carbons (Fsp3) is 1.00. The molecular weight excluding hydrogens is 193 g/mol. The predicted octanol–water partition coefficient (Wildman–Crippen LogP) is 1.23. The molecule has 1 saturated heterocycles. The van der Waals surface area contributed by atoms with Crippen molar-refractivity contribution in [2.75, 3.05) is 26.2 Å². The Balaban J connectivity index is 1.81. The van der Waals surface area contributed by atoms with E-state index in [1.54, 1.807) is 0 Å². The molecule has 82 valence electrons. The normalized spacial score (nSPS) is 30.6. The first-order valence-corrected chi connectivity index (χ1v) is 5.07. The summed E-state index contributed by atoms with van der Waals surface area (Å²) >= 11 is 0. The number of rotatable bonds is 2. The number of piperazine rings is 1. The Bertz CT molecular complexity index is 201. The van der Waals surface area contributed by atoms with Crippen LogP contribution in [0, 0.1) is 5.92 Å². The average molecular weight is 208 g/mol. The molecule has 1 heterocycles. The van der Waals surface area contributed by atoms with Crippen LogP contribution in [0.1, 0.15) is 12.8 Å². The van der Waals surface area contributed by atoms with Crippen molar-refractivity contribution in [3.8, 4) is 0 Å². The molecule has 0 aromatic rings. The van der Waals surface area contributed by atoms with Crippen molar-refractivity contribution in [3.05, 3.63) is 0 Å². The minimum atomic E-state index is -4.05. The molecule has 0 spiro atoms. The summed E-state index contributed by atoms with van der Waals surface area (Å²) in [5.41, 5.74) is 0. The van der Waals surface area contributed by atoms with Crippen molar-refractivity contribution >= 4 is 0 Å².